The van der Waals surface area contributed by atoms with Crippen LogP contribution in [0.4, 0.5) is 5.13 Å². The fourth-order valence-electron chi connectivity index (χ4n) is 1.97. The Hall–Kier alpha value is -2.30. The number of thiazole rings is 2. The van der Waals surface area contributed by atoms with Gasteiger partial charge in [-0.05, 0) is 24.6 Å². The maximum atomic E-state index is 12.2. The van der Waals surface area contributed by atoms with Crippen LogP contribution in [-0.4, -0.2) is 24.3 Å². The summed E-state index contributed by atoms with van der Waals surface area (Å²) >= 11 is 2.62. The summed E-state index contributed by atoms with van der Waals surface area (Å²) in [4.78, 5) is 20.1. The molecule has 0 saturated carbocycles. The van der Waals surface area contributed by atoms with E-state index in [0.29, 0.717) is 10.8 Å². The van der Waals surface area contributed by atoms with Crippen LogP contribution >= 0.6 is 22.7 Å². The van der Waals surface area contributed by atoms with Crippen molar-refractivity contribution < 1.29 is 13.2 Å². The molecule has 0 bridgehead atoms. The molecule has 0 unspecified atom stereocenters. The van der Waals surface area contributed by atoms with Gasteiger partial charge in [0.15, 0.2) is 5.13 Å². The Morgan fingerprint density at radius 2 is 1.96 bits per heavy atom. The van der Waals surface area contributed by atoms with E-state index in [-0.39, 0.29) is 17.3 Å². The molecule has 130 valence electrons. The zero-order chi connectivity index (χ0) is 17.9. The lowest BCUT2D eigenvalue weighted by molar-refractivity contribution is 0.0946. The van der Waals surface area contributed by atoms with Crippen LogP contribution in [0.1, 0.15) is 21.1 Å². The molecule has 3 rings (SSSR count). The van der Waals surface area contributed by atoms with E-state index in [0.717, 1.165) is 10.6 Å². The van der Waals surface area contributed by atoms with Crippen LogP contribution < -0.4 is 10.0 Å². The van der Waals surface area contributed by atoms with Crippen molar-refractivity contribution in [2.75, 3.05) is 4.72 Å². The lowest BCUT2D eigenvalue weighted by Crippen LogP contribution is -2.23. The van der Waals surface area contributed by atoms with Crippen LogP contribution in [0.2, 0.25) is 0 Å². The van der Waals surface area contributed by atoms with Crippen LogP contribution in [0.25, 0.3) is 0 Å². The highest BCUT2D eigenvalue weighted by atomic mass is 32.2. The Morgan fingerprint density at radius 3 is 2.56 bits per heavy atom. The predicted molar refractivity (Wildman–Crippen MR) is 97.4 cm³/mol. The van der Waals surface area contributed by atoms with Gasteiger partial charge in [-0.25, -0.2) is 18.4 Å². The van der Waals surface area contributed by atoms with Crippen LogP contribution in [0.5, 0.6) is 0 Å². The summed E-state index contributed by atoms with van der Waals surface area (Å²) in [5.74, 6) is -0.258. The number of carbonyl (C=O) groups is 1. The van der Waals surface area contributed by atoms with Crippen molar-refractivity contribution in [2.45, 2.75) is 18.4 Å². The second-order valence-electron chi connectivity index (χ2n) is 5.02. The number of nitrogens with one attached hydrogen (secondary N) is 2. The molecule has 2 aromatic heterocycles. The molecule has 3 aromatic rings. The number of carbonyl (C=O) groups excluding carboxylic acids is 1. The van der Waals surface area contributed by atoms with Gasteiger partial charge in [0.2, 0.25) is 0 Å². The largest absolute Gasteiger partial charge is 0.347 e. The van der Waals surface area contributed by atoms with Gasteiger partial charge in [0.25, 0.3) is 15.9 Å². The van der Waals surface area contributed by atoms with Crippen molar-refractivity contribution in [3.05, 3.63) is 57.5 Å². The zero-order valence-electron chi connectivity index (χ0n) is 13.1. The highest BCUT2D eigenvalue weighted by Crippen LogP contribution is 2.18. The van der Waals surface area contributed by atoms with Gasteiger partial charge in [0.05, 0.1) is 9.90 Å². The highest BCUT2D eigenvalue weighted by Gasteiger charge is 2.15. The lowest BCUT2D eigenvalue weighted by Gasteiger charge is -2.07. The molecule has 1 aromatic carbocycles. The second-order valence-corrected chi connectivity index (χ2v) is 8.66. The topological polar surface area (TPSA) is 101 Å². The van der Waals surface area contributed by atoms with Crippen LogP contribution in [0.15, 0.2) is 46.1 Å². The fourth-order valence-corrected chi connectivity index (χ4v) is 4.36. The van der Waals surface area contributed by atoms with E-state index in [1.165, 1.54) is 41.0 Å². The van der Waals surface area contributed by atoms with Gasteiger partial charge in [-0.1, -0.05) is 12.1 Å². The molecule has 0 aliphatic carbocycles. The molecule has 0 fully saturated rings. The Morgan fingerprint density at radius 1 is 1.20 bits per heavy atom. The van der Waals surface area contributed by atoms with Crippen molar-refractivity contribution in [1.29, 1.82) is 0 Å². The van der Waals surface area contributed by atoms with Gasteiger partial charge in [-0.3, -0.25) is 9.52 Å². The SMILES string of the molecule is Cc1nc(C(=O)NCc2ccc(S(=O)(=O)Nc3nccs3)cc2)cs1. The van der Waals surface area contributed by atoms with E-state index in [4.69, 9.17) is 0 Å². The van der Waals surface area contributed by atoms with Gasteiger partial charge < -0.3 is 5.32 Å². The molecule has 2 N–H and O–H groups in total. The number of hydrogen-bond donors (Lipinski definition) is 2. The standard InChI is InChI=1S/C15H14N4O3S3/c1-10-18-13(9-24-10)14(20)17-8-11-2-4-12(5-3-11)25(21,22)19-15-16-6-7-23-15/h2-7,9H,8H2,1H3,(H,16,19)(H,17,20). The van der Waals surface area contributed by atoms with E-state index in [2.05, 4.69) is 20.0 Å². The Balaban J connectivity index is 1.63. The van der Waals surface area contributed by atoms with Crippen molar-refractivity contribution in [3.63, 3.8) is 0 Å². The van der Waals surface area contributed by atoms with Crippen LogP contribution in [0.3, 0.4) is 0 Å². The first kappa shape index (κ1) is 17.5. The summed E-state index contributed by atoms with van der Waals surface area (Å²) in [6.45, 7) is 2.12. The number of aromatic nitrogens is 2. The number of sulfonamides is 1. The lowest BCUT2D eigenvalue weighted by atomic mass is 10.2. The predicted octanol–water partition coefficient (Wildman–Crippen LogP) is 2.64. The quantitative estimate of drug-likeness (QED) is 0.669. The molecular weight excluding hydrogens is 380 g/mol. The van der Waals surface area contributed by atoms with Gasteiger partial charge >= 0.3 is 0 Å². The molecule has 7 nitrogen and oxygen atoms in total. The minimum Gasteiger partial charge on any atom is -0.347 e. The van der Waals surface area contributed by atoms with Crippen molar-refractivity contribution in [1.82, 2.24) is 15.3 Å². The summed E-state index contributed by atoms with van der Waals surface area (Å²) in [6, 6.07) is 6.29. The van der Waals surface area contributed by atoms with Gasteiger partial charge in [0, 0.05) is 23.5 Å². The molecule has 0 aliphatic heterocycles. The molecule has 0 aliphatic rings. The normalized spacial score (nSPS) is 11.2. The summed E-state index contributed by atoms with van der Waals surface area (Å²) in [7, 11) is -3.67. The Labute approximate surface area is 152 Å². The minimum atomic E-state index is -3.67. The summed E-state index contributed by atoms with van der Waals surface area (Å²) in [5, 5.41) is 7.28. The van der Waals surface area contributed by atoms with Gasteiger partial charge in [0.1, 0.15) is 5.69 Å². The zero-order valence-corrected chi connectivity index (χ0v) is 15.5. The van der Waals surface area contributed by atoms with Crippen molar-refractivity contribution in [2.24, 2.45) is 0 Å². The maximum absolute atomic E-state index is 12.2. The first-order valence-corrected chi connectivity index (χ1v) is 10.4. The number of amides is 1. The molecule has 0 saturated heterocycles. The summed E-state index contributed by atoms with van der Waals surface area (Å²) in [5.41, 5.74) is 1.17. The fraction of sp³-hybridized carbons (Fsp3) is 0.133. The molecular formula is C15H14N4O3S3. The van der Waals surface area contributed by atoms with Crippen LogP contribution in [-0.2, 0) is 16.6 Å². The molecule has 0 spiro atoms. The Bertz CT molecular complexity index is 964. The molecule has 10 heteroatoms. The number of nitrogens with zero attached hydrogens (tertiary/aromatic N) is 2. The number of hydrogen-bond acceptors (Lipinski definition) is 7. The number of aryl methyl sites for hydroxylation is 1. The average molecular weight is 395 g/mol. The van der Waals surface area contributed by atoms with Crippen molar-refractivity contribution in [3.8, 4) is 0 Å². The number of rotatable bonds is 6. The second kappa shape index (κ2) is 7.30. The maximum Gasteiger partial charge on any atom is 0.271 e. The first-order chi connectivity index (χ1) is 11.9. The third-order valence-electron chi connectivity index (χ3n) is 3.19. The molecule has 2 heterocycles. The van der Waals surface area contributed by atoms with E-state index >= 15 is 0 Å². The number of anilines is 1. The Kier molecular flexibility index (Phi) is 5.11. The van der Waals surface area contributed by atoms with E-state index in [9.17, 15) is 13.2 Å². The van der Waals surface area contributed by atoms with Gasteiger partial charge in [-0.2, -0.15) is 0 Å². The number of benzene rings is 1. The molecule has 0 radical (unpaired) electrons. The summed E-state index contributed by atoms with van der Waals surface area (Å²) < 4.78 is 26.9. The monoisotopic (exact) mass is 394 g/mol. The highest BCUT2D eigenvalue weighted by molar-refractivity contribution is 7.93. The van der Waals surface area contributed by atoms with E-state index in [1.54, 1.807) is 22.9 Å². The van der Waals surface area contributed by atoms with E-state index in [1.807, 2.05) is 6.92 Å². The third-order valence-corrected chi connectivity index (χ3v) is 6.14. The van der Waals surface area contributed by atoms with Crippen LogP contribution in [0, 0.1) is 6.92 Å². The van der Waals surface area contributed by atoms with Gasteiger partial charge in [-0.15, -0.1) is 22.7 Å². The minimum absolute atomic E-state index is 0.132. The molecule has 0 atom stereocenters. The van der Waals surface area contributed by atoms with Crippen molar-refractivity contribution >= 4 is 43.7 Å². The summed E-state index contributed by atoms with van der Waals surface area (Å²) in [6.07, 6.45) is 1.53. The van der Waals surface area contributed by atoms with E-state index < -0.39 is 10.0 Å². The first-order valence-electron chi connectivity index (χ1n) is 7.15. The molecule has 1 amide bonds. The third kappa shape index (κ3) is 4.41. The molecule has 25 heavy (non-hydrogen) atoms. The smallest absolute Gasteiger partial charge is 0.271 e. The average Bonchev–Trinajstić information content (AvgIpc) is 3.24.